The summed E-state index contributed by atoms with van der Waals surface area (Å²) in [5.74, 6) is 0.694. The van der Waals surface area contributed by atoms with Crippen LogP contribution in [-0.4, -0.2) is 28.6 Å². The Morgan fingerprint density at radius 2 is 2.19 bits per heavy atom. The van der Waals surface area contributed by atoms with Gasteiger partial charge in [-0.1, -0.05) is 26.2 Å². The van der Waals surface area contributed by atoms with Crippen molar-refractivity contribution >= 4 is 29.9 Å². The molecule has 122 valence electrons. The normalized spacial score (nSPS) is 11.5. The number of nitrogens with zero attached hydrogens (tertiary/aromatic N) is 3. The van der Waals surface area contributed by atoms with E-state index in [-0.39, 0.29) is 24.0 Å². The highest BCUT2D eigenvalue weighted by atomic mass is 127. The first-order valence-electron chi connectivity index (χ1n) is 6.98. The molecule has 0 radical (unpaired) electrons. The van der Waals surface area contributed by atoms with Gasteiger partial charge in [0.25, 0.3) is 0 Å². The van der Waals surface area contributed by atoms with Gasteiger partial charge < -0.3 is 11.1 Å². The lowest BCUT2D eigenvalue weighted by Crippen LogP contribution is -2.33. The Labute approximate surface area is 141 Å². The van der Waals surface area contributed by atoms with E-state index < -0.39 is 6.55 Å². The number of imidazole rings is 1. The second-order valence-electron chi connectivity index (χ2n) is 4.53. The minimum Gasteiger partial charge on any atom is -0.370 e. The number of alkyl halides is 2. The zero-order valence-corrected chi connectivity index (χ0v) is 14.6. The first kappa shape index (κ1) is 20.1. The van der Waals surface area contributed by atoms with Crippen LogP contribution in [-0.2, 0) is 6.42 Å². The fourth-order valence-electron chi connectivity index (χ4n) is 1.81. The minimum absolute atomic E-state index is 0. The van der Waals surface area contributed by atoms with Crippen LogP contribution in [0.2, 0.25) is 0 Å². The van der Waals surface area contributed by atoms with Gasteiger partial charge in [-0.3, -0.25) is 9.56 Å². The van der Waals surface area contributed by atoms with Crippen molar-refractivity contribution < 1.29 is 8.78 Å². The van der Waals surface area contributed by atoms with Crippen LogP contribution in [0.4, 0.5) is 8.78 Å². The van der Waals surface area contributed by atoms with Crippen LogP contribution in [0.1, 0.15) is 45.0 Å². The van der Waals surface area contributed by atoms with Gasteiger partial charge in [-0.15, -0.1) is 24.0 Å². The molecule has 0 amide bonds. The molecule has 21 heavy (non-hydrogen) atoms. The molecule has 5 nitrogen and oxygen atoms in total. The Kier molecular flexibility index (Phi) is 11.2. The lowest BCUT2D eigenvalue weighted by Gasteiger charge is -2.08. The summed E-state index contributed by atoms with van der Waals surface area (Å²) in [7, 11) is 0. The number of guanidine groups is 1. The van der Waals surface area contributed by atoms with Crippen molar-refractivity contribution in [3.05, 3.63) is 18.2 Å². The maximum Gasteiger partial charge on any atom is 0.319 e. The van der Waals surface area contributed by atoms with Gasteiger partial charge in [-0.05, 0) is 6.42 Å². The van der Waals surface area contributed by atoms with Crippen LogP contribution >= 0.6 is 24.0 Å². The lowest BCUT2D eigenvalue weighted by molar-refractivity contribution is 0.0670. The molecule has 0 spiro atoms. The fraction of sp³-hybridized carbons (Fsp3) is 0.692. The summed E-state index contributed by atoms with van der Waals surface area (Å²) in [6, 6.07) is 0. The third kappa shape index (κ3) is 8.18. The summed E-state index contributed by atoms with van der Waals surface area (Å²) in [4.78, 5) is 8.07. The number of unbranched alkanes of at least 4 members (excludes halogenated alkanes) is 3. The topological polar surface area (TPSA) is 68.2 Å². The molecule has 0 aliphatic heterocycles. The highest BCUT2D eigenvalue weighted by Gasteiger charge is 2.10. The average Bonchev–Trinajstić information content (AvgIpc) is 2.87. The molecule has 8 heteroatoms. The van der Waals surface area contributed by atoms with Crippen LogP contribution in [0.5, 0.6) is 0 Å². The summed E-state index contributed by atoms with van der Waals surface area (Å²) < 4.78 is 26.0. The minimum atomic E-state index is -2.56. The van der Waals surface area contributed by atoms with Crippen LogP contribution < -0.4 is 11.1 Å². The summed E-state index contributed by atoms with van der Waals surface area (Å²) in [5, 5.41) is 2.91. The Hall–Kier alpha value is -0.930. The Morgan fingerprint density at radius 3 is 2.86 bits per heavy atom. The van der Waals surface area contributed by atoms with Crippen LogP contribution in [0.15, 0.2) is 17.4 Å². The molecular formula is C13H24F2IN5. The predicted molar refractivity (Wildman–Crippen MR) is 91.2 cm³/mol. The first-order chi connectivity index (χ1) is 9.65. The molecule has 1 rings (SSSR count). The third-order valence-corrected chi connectivity index (χ3v) is 2.91. The number of hydrogen-bond acceptors (Lipinski definition) is 2. The number of aliphatic imine (C=N–C) groups is 1. The van der Waals surface area contributed by atoms with Gasteiger partial charge in [0.2, 0.25) is 0 Å². The number of nitrogens with two attached hydrogens (primary N) is 1. The van der Waals surface area contributed by atoms with E-state index >= 15 is 0 Å². The maximum absolute atomic E-state index is 12.6. The molecule has 3 N–H and O–H groups in total. The van der Waals surface area contributed by atoms with Gasteiger partial charge in [0, 0.05) is 31.9 Å². The standard InChI is InChI=1S/C13H23F2N5.HI/c1-2-3-4-5-7-18-13(16)19-8-6-11-17-9-10-20(11)12(14)15;/h9-10,12H,2-8H2,1H3,(H3,16,18,19);1H. The smallest absolute Gasteiger partial charge is 0.319 e. The highest BCUT2D eigenvalue weighted by Crippen LogP contribution is 2.12. The number of halogens is 3. The van der Waals surface area contributed by atoms with E-state index in [0.29, 0.717) is 31.3 Å². The van der Waals surface area contributed by atoms with E-state index in [1.807, 2.05) is 0 Å². The van der Waals surface area contributed by atoms with Gasteiger partial charge >= 0.3 is 6.55 Å². The predicted octanol–water partition coefficient (Wildman–Crippen LogP) is 2.92. The van der Waals surface area contributed by atoms with Gasteiger partial charge in [-0.2, -0.15) is 8.78 Å². The third-order valence-electron chi connectivity index (χ3n) is 2.91. The largest absolute Gasteiger partial charge is 0.370 e. The summed E-state index contributed by atoms with van der Waals surface area (Å²) in [6.07, 6.45) is 7.58. The van der Waals surface area contributed by atoms with E-state index in [1.165, 1.54) is 25.2 Å². The Bertz CT molecular complexity index is 409. The molecule has 0 fully saturated rings. The molecule has 0 aromatic carbocycles. The Morgan fingerprint density at radius 1 is 1.43 bits per heavy atom. The number of aromatic nitrogens is 2. The quantitative estimate of drug-likeness (QED) is 0.282. The van der Waals surface area contributed by atoms with Gasteiger partial charge in [0.15, 0.2) is 5.96 Å². The van der Waals surface area contributed by atoms with Crippen molar-refractivity contribution in [2.45, 2.75) is 45.6 Å². The van der Waals surface area contributed by atoms with Crippen molar-refractivity contribution in [3.63, 3.8) is 0 Å². The van der Waals surface area contributed by atoms with Crippen molar-refractivity contribution in [2.24, 2.45) is 10.7 Å². The molecule has 0 saturated carbocycles. The van der Waals surface area contributed by atoms with Crippen molar-refractivity contribution in [1.82, 2.24) is 14.9 Å². The molecule has 0 saturated heterocycles. The molecule has 0 aliphatic carbocycles. The molecular weight excluding hydrogens is 391 g/mol. The molecule has 1 aromatic heterocycles. The highest BCUT2D eigenvalue weighted by molar-refractivity contribution is 14.0. The monoisotopic (exact) mass is 415 g/mol. The lowest BCUT2D eigenvalue weighted by atomic mass is 10.2. The van der Waals surface area contributed by atoms with E-state index in [1.54, 1.807) is 0 Å². The number of rotatable bonds is 9. The van der Waals surface area contributed by atoms with E-state index in [0.717, 1.165) is 17.4 Å². The fourth-order valence-corrected chi connectivity index (χ4v) is 1.81. The van der Waals surface area contributed by atoms with Crippen LogP contribution in [0, 0.1) is 0 Å². The zero-order chi connectivity index (χ0) is 14.8. The Balaban J connectivity index is 0.00000400. The molecule has 1 aromatic rings. The van der Waals surface area contributed by atoms with Crippen LogP contribution in [0.3, 0.4) is 0 Å². The maximum atomic E-state index is 12.6. The van der Waals surface area contributed by atoms with Crippen molar-refractivity contribution in [3.8, 4) is 0 Å². The van der Waals surface area contributed by atoms with Gasteiger partial charge in [-0.25, -0.2) is 4.98 Å². The van der Waals surface area contributed by atoms with E-state index in [2.05, 4.69) is 22.2 Å². The van der Waals surface area contributed by atoms with E-state index in [4.69, 9.17) is 5.73 Å². The van der Waals surface area contributed by atoms with Gasteiger partial charge in [0.1, 0.15) is 5.82 Å². The van der Waals surface area contributed by atoms with E-state index in [9.17, 15) is 8.78 Å². The summed E-state index contributed by atoms with van der Waals surface area (Å²) >= 11 is 0. The summed E-state index contributed by atoms with van der Waals surface area (Å²) in [5.41, 5.74) is 5.69. The number of hydrogen-bond donors (Lipinski definition) is 2. The molecule has 1 heterocycles. The number of nitrogens with one attached hydrogen (secondary N) is 1. The zero-order valence-electron chi connectivity index (χ0n) is 12.3. The molecule has 0 bridgehead atoms. The first-order valence-corrected chi connectivity index (χ1v) is 6.98. The van der Waals surface area contributed by atoms with Gasteiger partial charge in [0.05, 0.1) is 0 Å². The second-order valence-corrected chi connectivity index (χ2v) is 4.53. The molecule has 0 unspecified atom stereocenters. The van der Waals surface area contributed by atoms with Crippen molar-refractivity contribution in [1.29, 1.82) is 0 Å². The molecule has 0 atom stereocenters. The SMILES string of the molecule is CCCCCCN=C(N)NCCc1nccn1C(F)F.I. The van der Waals surface area contributed by atoms with Crippen LogP contribution in [0.25, 0.3) is 0 Å². The second kappa shape index (κ2) is 11.7. The average molecular weight is 415 g/mol. The summed E-state index contributed by atoms with van der Waals surface area (Å²) in [6.45, 7) is 0.734. The van der Waals surface area contributed by atoms with Crippen molar-refractivity contribution in [2.75, 3.05) is 13.1 Å². The molecule has 0 aliphatic rings.